The molecule has 0 bridgehead atoms. The Morgan fingerprint density at radius 3 is 2.83 bits per heavy atom. The Kier molecular flexibility index (Phi) is 5.87. The standard InChI is InChI=1S/C11H20N2O5/c1-18-9(5-10(15)16)6-12-11(17)13-4-2-3-8(14)7-13/h8-9,14H,2-7H2,1H3,(H,12,17)(H,15,16). The highest BCUT2D eigenvalue weighted by molar-refractivity contribution is 5.74. The topological polar surface area (TPSA) is 99.1 Å². The molecule has 1 rings (SSSR count). The molecule has 2 unspecified atom stereocenters. The van der Waals surface area contributed by atoms with E-state index < -0.39 is 18.2 Å². The lowest BCUT2D eigenvalue weighted by atomic mass is 10.1. The van der Waals surface area contributed by atoms with Crippen molar-refractivity contribution in [1.82, 2.24) is 10.2 Å². The van der Waals surface area contributed by atoms with Crippen LogP contribution in [-0.2, 0) is 9.53 Å². The predicted octanol–water partition coefficient (Wildman–Crippen LogP) is -0.358. The first-order chi connectivity index (χ1) is 8.52. The second-order valence-electron chi connectivity index (χ2n) is 4.38. The van der Waals surface area contributed by atoms with Crippen LogP contribution in [0.3, 0.4) is 0 Å². The van der Waals surface area contributed by atoms with Crippen LogP contribution in [0.15, 0.2) is 0 Å². The van der Waals surface area contributed by atoms with E-state index in [0.717, 1.165) is 6.42 Å². The lowest BCUT2D eigenvalue weighted by Crippen LogP contribution is -2.48. The molecule has 7 heteroatoms. The normalized spacial score (nSPS) is 21.4. The first-order valence-corrected chi connectivity index (χ1v) is 5.98. The minimum atomic E-state index is -0.968. The number of hydrogen-bond acceptors (Lipinski definition) is 4. The van der Waals surface area contributed by atoms with Gasteiger partial charge in [-0.15, -0.1) is 0 Å². The number of aliphatic hydroxyl groups is 1. The highest BCUT2D eigenvalue weighted by Crippen LogP contribution is 2.09. The number of carboxylic acid groups (broad SMARTS) is 1. The summed E-state index contributed by atoms with van der Waals surface area (Å²) >= 11 is 0. The zero-order valence-electron chi connectivity index (χ0n) is 10.5. The SMILES string of the molecule is COC(CNC(=O)N1CCCC(O)C1)CC(=O)O. The number of likely N-dealkylation sites (tertiary alicyclic amines) is 1. The number of ether oxygens (including phenoxy) is 1. The van der Waals surface area contributed by atoms with Crippen molar-refractivity contribution >= 4 is 12.0 Å². The number of aliphatic carboxylic acids is 1. The van der Waals surface area contributed by atoms with Gasteiger partial charge in [-0.25, -0.2) is 4.79 Å². The van der Waals surface area contributed by atoms with Gasteiger partial charge in [-0.3, -0.25) is 4.79 Å². The summed E-state index contributed by atoms with van der Waals surface area (Å²) in [7, 11) is 1.41. The van der Waals surface area contributed by atoms with E-state index in [9.17, 15) is 14.7 Å². The summed E-state index contributed by atoms with van der Waals surface area (Å²) in [5.41, 5.74) is 0. The van der Waals surface area contributed by atoms with Crippen molar-refractivity contribution < 1.29 is 24.5 Å². The van der Waals surface area contributed by atoms with Crippen molar-refractivity contribution in [3.8, 4) is 0 Å². The van der Waals surface area contributed by atoms with Crippen LogP contribution in [0.5, 0.6) is 0 Å². The molecular weight excluding hydrogens is 240 g/mol. The highest BCUT2D eigenvalue weighted by Gasteiger charge is 2.22. The average Bonchev–Trinajstić information content (AvgIpc) is 2.33. The van der Waals surface area contributed by atoms with E-state index in [-0.39, 0.29) is 19.0 Å². The largest absolute Gasteiger partial charge is 0.481 e. The number of nitrogens with one attached hydrogen (secondary N) is 1. The first-order valence-electron chi connectivity index (χ1n) is 5.98. The molecule has 1 fully saturated rings. The predicted molar refractivity (Wildman–Crippen MR) is 63.3 cm³/mol. The lowest BCUT2D eigenvalue weighted by molar-refractivity contribution is -0.139. The van der Waals surface area contributed by atoms with Crippen molar-refractivity contribution in [3.63, 3.8) is 0 Å². The van der Waals surface area contributed by atoms with Crippen molar-refractivity contribution in [3.05, 3.63) is 0 Å². The van der Waals surface area contributed by atoms with E-state index in [1.807, 2.05) is 0 Å². The van der Waals surface area contributed by atoms with Crippen LogP contribution in [-0.4, -0.2) is 66.1 Å². The molecule has 104 valence electrons. The van der Waals surface area contributed by atoms with Gasteiger partial charge in [0, 0.05) is 26.7 Å². The molecule has 0 aromatic carbocycles. The summed E-state index contributed by atoms with van der Waals surface area (Å²) in [5.74, 6) is -0.968. The quantitative estimate of drug-likeness (QED) is 0.627. The van der Waals surface area contributed by atoms with Crippen molar-refractivity contribution in [2.24, 2.45) is 0 Å². The molecule has 2 amide bonds. The van der Waals surface area contributed by atoms with Gasteiger partial charge < -0.3 is 25.2 Å². The second-order valence-corrected chi connectivity index (χ2v) is 4.38. The third-order valence-electron chi connectivity index (χ3n) is 2.90. The number of carbonyl (C=O) groups is 2. The van der Waals surface area contributed by atoms with Crippen LogP contribution in [0.2, 0.25) is 0 Å². The Labute approximate surface area is 106 Å². The van der Waals surface area contributed by atoms with Gasteiger partial charge in [0.2, 0.25) is 0 Å². The molecule has 0 aliphatic carbocycles. The van der Waals surface area contributed by atoms with Gasteiger partial charge in [-0.1, -0.05) is 0 Å². The van der Waals surface area contributed by atoms with E-state index in [4.69, 9.17) is 9.84 Å². The number of piperidine rings is 1. The maximum Gasteiger partial charge on any atom is 0.317 e. The Hall–Kier alpha value is -1.34. The molecular formula is C11H20N2O5. The number of methoxy groups -OCH3 is 1. The van der Waals surface area contributed by atoms with E-state index in [0.29, 0.717) is 19.5 Å². The van der Waals surface area contributed by atoms with Crippen LogP contribution in [0, 0.1) is 0 Å². The average molecular weight is 260 g/mol. The van der Waals surface area contributed by atoms with Gasteiger partial charge in [0.15, 0.2) is 0 Å². The van der Waals surface area contributed by atoms with Crippen molar-refractivity contribution in [2.45, 2.75) is 31.5 Å². The fraction of sp³-hybridized carbons (Fsp3) is 0.818. The number of carbonyl (C=O) groups excluding carboxylic acids is 1. The van der Waals surface area contributed by atoms with Gasteiger partial charge in [0.25, 0.3) is 0 Å². The zero-order valence-corrected chi connectivity index (χ0v) is 10.5. The third kappa shape index (κ3) is 4.89. The molecule has 1 saturated heterocycles. The summed E-state index contributed by atoms with van der Waals surface area (Å²) in [6.45, 7) is 1.08. The first kappa shape index (κ1) is 14.7. The van der Waals surface area contributed by atoms with Crippen LogP contribution < -0.4 is 5.32 Å². The van der Waals surface area contributed by atoms with Gasteiger partial charge in [-0.2, -0.15) is 0 Å². The smallest absolute Gasteiger partial charge is 0.317 e. The van der Waals surface area contributed by atoms with E-state index in [2.05, 4.69) is 5.32 Å². The van der Waals surface area contributed by atoms with Crippen LogP contribution in [0.4, 0.5) is 4.79 Å². The number of β-amino-alcohol motifs (C(OH)–C–C–N with tert-alkyl or cyclic N) is 1. The molecule has 0 radical (unpaired) electrons. The number of urea groups is 1. The van der Waals surface area contributed by atoms with Gasteiger partial charge >= 0.3 is 12.0 Å². The molecule has 3 N–H and O–H groups in total. The Balaban J connectivity index is 2.32. The Morgan fingerprint density at radius 2 is 2.28 bits per heavy atom. The summed E-state index contributed by atoms with van der Waals surface area (Å²) in [6.07, 6.45) is 0.322. The second kappa shape index (κ2) is 7.17. The lowest BCUT2D eigenvalue weighted by Gasteiger charge is -2.30. The molecule has 0 aromatic heterocycles. The number of rotatable bonds is 5. The Bertz CT molecular complexity index is 297. The molecule has 1 aliphatic rings. The molecule has 0 aromatic rings. The zero-order chi connectivity index (χ0) is 13.5. The number of nitrogens with zero attached hydrogens (tertiary/aromatic N) is 1. The van der Waals surface area contributed by atoms with Gasteiger partial charge in [-0.05, 0) is 12.8 Å². The maximum absolute atomic E-state index is 11.8. The molecule has 1 heterocycles. The summed E-state index contributed by atoms with van der Waals surface area (Å²) < 4.78 is 4.96. The highest BCUT2D eigenvalue weighted by atomic mass is 16.5. The number of carboxylic acids is 1. The number of aliphatic hydroxyl groups excluding tert-OH is 1. The fourth-order valence-corrected chi connectivity index (χ4v) is 1.89. The third-order valence-corrected chi connectivity index (χ3v) is 2.90. The minimum absolute atomic E-state index is 0.147. The van der Waals surface area contributed by atoms with E-state index in [1.165, 1.54) is 12.0 Å². The molecule has 18 heavy (non-hydrogen) atoms. The monoisotopic (exact) mass is 260 g/mol. The number of hydrogen-bond donors (Lipinski definition) is 3. The minimum Gasteiger partial charge on any atom is -0.481 e. The van der Waals surface area contributed by atoms with Crippen LogP contribution in [0.25, 0.3) is 0 Å². The maximum atomic E-state index is 11.8. The van der Waals surface area contributed by atoms with Crippen molar-refractivity contribution in [1.29, 1.82) is 0 Å². The fourth-order valence-electron chi connectivity index (χ4n) is 1.89. The Morgan fingerprint density at radius 1 is 1.56 bits per heavy atom. The summed E-state index contributed by atoms with van der Waals surface area (Å²) in [6, 6.07) is -0.291. The van der Waals surface area contributed by atoms with Crippen LogP contribution in [0.1, 0.15) is 19.3 Å². The summed E-state index contributed by atoms with van der Waals surface area (Å²) in [4.78, 5) is 23.8. The van der Waals surface area contributed by atoms with Crippen molar-refractivity contribution in [2.75, 3.05) is 26.7 Å². The summed E-state index contributed by atoms with van der Waals surface area (Å²) in [5, 5.41) is 20.7. The van der Waals surface area contributed by atoms with E-state index in [1.54, 1.807) is 0 Å². The van der Waals surface area contributed by atoms with Crippen LogP contribution >= 0.6 is 0 Å². The van der Waals surface area contributed by atoms with Gasteiger partial charge in [0.1, 0.15) is 0 Å². The molecule has 1 aliphatic heterocycles. The molecule has 7 nitrogen and oxygen atoms in total. The molecule has 0 spiro atoms. The van der Waals surface area contributed by atoms with Gasteiger partial charge in [0.05, 0.1) is 18.6 Å². The number of amides is 2. The molecule has 2 atom stereocenters. The molecule has 0 saturated carbocycles. The van der Waals surface area contributed by atoms with E-state index >= 15 is 0 Å².